The van der Waals surface area contributed by atoms with Gasteiger partial charge >= 0.3 is 5.69 Å². The summed E-state index contributed by atoms with van der Waals surface area (Å²) in [5, 5.41) is 27.2. The third-order valence-electron chi connectivity index (χ3n) is 4.87. The van der Waals surface area contributed by atoms with Gasteiger partial charge in [0.25, 0.3) is 5.56 Å². The molecular weight excluding hydrogens is 390 g/mol. The molecule has 1 fully saturated rings. The van der Waals surface area contributed by atoms with Crippen LogP contribution in [0.4, 0.5) is 0 Å². The number of hydrogen-bond acceptors (Lipinski definition) is 7. The summed E-state index contributed by atoms with van der Waals surface area (Å²) in [4.78, 5) is 26.6. The minimum Gasteiger partial charge on any atom is -0.394 e. The molecule has 30 heavy (non-hydrogen) atoms. The lowest BCUT2D eigenvalue weighted by molar-refractivity contribution is -0.0459. The lowest BCUT2D eigenvalue weighted by Gasteiger charge is -2.14. The zero-order chi connectivity index (χ0) is 21.1. The van der Waals surface area contributed by atoms with E-state index in [1.165, 1.54) is 16.8 Å². The summed E-state index contributed by atoms with van der Waals surface area (Å²) in [5.41, 5.74) is 0.651. The van der Waals surface area contributed by atoms with E-state index in [-0.39, 0.29) is 18.6 Å². The molecule has 4 rings (SSSR count). The Bertz CT molecular complexity index is 1150. The summed E-state index contributed by atoms with van der Waals surface area (Å²) < 4.78 is 8.38. The van der Waals surface area contributed by atoms with Gasteiger partial charge in [-0.3, -0.25) is 14.3 Å². The molecular formula is C20H21N5O5. The van der Waals surface area contributed by atoms with E-state index in [1.54, 1.807) is 17.0 Å². The normalized spacial score (nSPS) is 21.5. The second-order valence-electron chi connectivity index (χ2n) is 7.03. The van der Waals surface area contributed by atoms with Gasteiger partial charge in [-0.05, 0) is 17.7 Å². The molecule has 3 aromatic rings. The van der Waals surface area contributed by atoms with Crippen molar-refractivity contribution in [1.29, 1.82) is 0 Å². The number of nitrogens with one attached hydrogen (secondary N) is 1. The van der Waals surface area contributed by atoms with Crippen LogP contribution in [-0.4, -0.2) is 53.6 Å². The van der Waals surface area contributed by atoms with Gasteiger partial charge in [0.2, 0.25) is 0 Å². The number of ether oxygens (including phenoxy) is 1. The predicted molar refractivity (Wildman–Crippen MR) is 107 cm³/mol. The molecule has 1 aromatic carbocycles. The number of hydrogen-bond donors (Lipinski definition) is 3. The largest absolute Gasteiger partial charge is 0.394 e. The Labute approximate surface area is 170 Å². The van der Waals surface area contributed by atoms with Crippen LogP contribution >= 0.6 is 0 Å². The number of nitrogens with zero attached hydrogens (tertiary/aromatic N) is 4. The number of benzene rings is 1. The van der Waals surface area contributed by atoms with Gasteiger partial charge < -0.3 is 14.9 Å². The number of aliphatic hydroxyl groups excluding tert-OH is 2. The first-order valence-electron chi connectivity index (χ1n) is 9.45. The van der Waals surface area contributed by atoms with Crippen LogP contribution in [0.3, 0.4) is 0 Å². The minimum absolute atomic E-state index is 0.133. The van der Waals surface area contributed by atoms with E-state index in [4.69, 9.17) is 4.74 Å². The van der Waals surface area contributed by atoms with Crippen molar-refractivity contribution in [3.63, 3.8) is 0 Å². The molecule has 1 aliphatic heterocycles. The zero-order valence-corrected chi connectivity index (χ0v) is 16.0. The van der Waals surface area contributed by atoms with Crippen LogP contribution in [0.2, 0.25) is 0 Å². The van der Waals surface area contributed by atoms with E-state index in [1.807, 2.05) is 30.3 Å². The quantitative estimate of drug-likeness (QED) is 0.519. The number of aromatic amines is 1. The molecule has 1 aliphatic rings. The Morgan fingerprint density at radius 3 is 2.73 bits per heavy atom. The Morgan fingerprint density at radius 2 is 2.00 bits per heavy atom. The Morgan fingerprint density at radius 1 is 1.20 bits per heavy atom. The maximum Gasteiger partial charge on any atom is 0.330 e. The molecule has 156 valence electrons. The summed E-state index contributed by atoms with van der Waals surface area (Å²) in [7, 11) is 0. The summed E-state index contributed by atoms with van der Waals surface area (Å²) in [6.45, 7) is 0.210. The Kier molecular flexibility index (Phi) is 5.70. The Balaban J connectivity index is 1.53. The SMILES string of the molecule is O=c1[nH]c(=O)n([C@H]2C[C@H](O)[C@@H](CO)O2)cc1/C=C/c1cn(Cc2ccccc2)nn1. The predicted octanol–water partition coefficient (Wildman–Crippen LogP) is -0.0125. The van der Waals surface area contributed by atoms with Gasteiger partial charge in [0.15, 0.2) is 0 Å². The second-order valence-corrected chi connectivity index (χ2v) is 7.03. The first-order valence-corrected chi connectivity index (χ1v) is 9.45. The molecule has 10 heteroatoms. The summed E-state index contributed by atoms with van der Waals surface area (Å²) in [6.07, 6.45) is 3.95. The van der Waals surface area contributed by atoms with Gasteiger partial charge in [-0.15, -0.1) is 5.10 Å². The van der Waals surface area contributed by atoms with Crippen molar-refractivity contribution >= 4 is 12.2 Å². The highest BCUT2D eigenvalue weighted by Gasteiger charge is 2.35. The van der Waals surface area contributed by atoms with Crippen LogP contribution in [-0.2, 0) is 11.3 Å². The molecule has 0 radical (unpaired) electrons. The highest BCUT2D eigenvalue weighted by molar-refractivity contribution is 5.66. The van der Waals surface area contributed by atoms with Crippen molar-refractivity contribution in [2.45, 2.75) is 31.4 Å². The number of aromatic nitrogens is 5. The molecule has 0 unspecified atom stereocenters. The van der Waals surface area contributed by atoms with Gasteiger partial charge in [-0.2, -0.15) is 0 Å². The van der Waals surface area contributed by atoms with Crippen LogP contribution in [0, 0.1) is 0 Å². The van der Waals surface area contributed by atoms with Crippen molar-refractivity contribution < 1.29 is 14.9 Å². The first kappa shape index (κ1) is 20.0. The third-order valence-corrected chi connectivity index (χ3v) is 4.87. The molecule has 0 bridgehead atoms. The molecule has 3 heterocycles. The average Bonchev–Trinajstić information content (AvgIpc) is 3.34. The van der Waals surface area contributed by atoms with Gasteiger partial charge in [0, 0.05) is 12.6 Å². The van der Waals surface area contributed by atoms with Crippen LogP contribution in [0.1, 0.15) is 29.5 Å². The molecule has 0 saturated carbocycles. The first-order chi connectivity index (χ1) is 14.5. The fourth-order valence-electron chi connectivity index (χ4n) is 3.30. The topological polar surface area (TPSA) is 135 Å². The van der Waals surface area contributed by atoms with E-state index in [9.17, 15) is 19.8 Å². The Hall–Kier alpha value is -3.34. The second kappa shape index (κ2) is 8.57. The number of H-pyrrole nitrogens is 1. The molecule has 1 saturated heterocycles. The summed E-state index contributed by atoms with van der Waals surface area (Å²) >= 11 is 0. The lowest BCUT2D eigenvalue weighted by Crippen LogP contribution is -2.33. The fraction of sp³-hybridized carbons (Fsp3) is 0.300. The zero-order valence-electron chi connectivity index (χ0n) is 16.0. The van der Waals surface area contributed by atoms with E-state index in [2.05, 4.69) is 15.3 Å². The van der Waals surface area contributed by atoms with Crippen molar-refractivity contribution in [2.75, 3.05) is 6.61 Å². The molecule has 0 spiro atoms. The van der Waals surface area contributed by atoms with Gasteiger partial charge in [-0.25, -0.2) is 9.48 Å². The van der Waals surface area contributed by atoms with Gasteiger partial charge in [0.1, 0.15) is 18.0 Å². The van der Waals surface area contributed by atoms with E-state index >= 15 is 0 Å². The minimum atomic E-state index is -0.891. The van der Waals surface area contributed by atoms with Gasteiger partial charge in [-0.1, -0.05) is 35.5 Å². The maximum absolute atomic E-state index is 12.2. The summed E-state index contributed by atoms with van der Waals surface area (Å²) in [6, 6.07) is 9.82. The third kappa shape index (κ3) is 4.30. The van der Waals surface area contributed by atoms with E-state index < -0.39 is 29.7 Å². The molecule has 2 aromatic heterocycles. The van der Waals surface area contributed by atoms with Crippen molar-refractivity contribution in [2.24, 2.45) is 0 Å². The lowest BCUT2D eigenvalue weighted by atomic mass is 10.2. The molecule has 3 N–H and O–H groups in total. The monoisotopic (exact) mass is 411 g/mol. The maximum atomic E-state index is 12.2. The van der Waals surface area contributed by atoms with Crippen molar-refractivity contribution in [3.8, 4) is 0 Å². The smallest absolute Gasteiger partial charge is 0.330 e. The standard InChI is InChI=1S/C20H21N5O5/c26-12-17-16(27)8-18(30-17)25-10-14(19(28)21-20(25)29)6-7-15-11-24(23-22-15)9-13-4-2-1-3-5-13/h1-7,10-11,16-18,26-27H,8-9,12H2,(H,21,28,29)/b7-6+/t16-,17+,18+/m0/s1. The van der Waals surface area contributed by atoms with Crippen LogP contribution in [0.25, 0.3) is 12.2 Å². The van der Waals surface area contributed by atoms with E-state index in [0.29, 0.717) is 12.2 Å². The van der Waals surface area contributed by atoms with E-state index in [0.717, 1.165) is 5.56 Å². The van der Waals surface area contributed by atoms with Crippen LogP contribution in [0.15, 0.2) is 52.3 Å². The number of rotatable bonds is 6. The number of aliphatic hydroxyl groups is 2. The highest BCUT2D eigenvalue weighted by atomic mass is 16.5. The molecule has 0 amide bonds. The van der Waals surface area contributed by atoms with Crippen LogP contribution < -0.4 is 11.2 Å². The average molecular weight is 411 g/mol. The molecule has 10 nitrogen and oxygen atoms in total. The van der Waals surface area contributed by atoms with Crippen molar-refractivity contribution in [1.82, 2.24) is 24.5 Å². The van der Waals surface area contributed by atoms with Crippen molar-refractivity contribution in [3.05, 3.63) is 80.4 Å². The summed E-state index contributed by atoms with van der Waals surface area (Å²) in [5.74, 6) is 0. The highest BCUT2D eigenvalue weighted by Crippen LogP contribution is 2.27. The molecule has 3 atom stereocenters. The molecule has 0 aliphatic carbocycles. The van der Waals surface area contributed by atoms with Gasteiger partial charge in [0.05, 0.1) is 31.0 Å². The van der Waals surface area contributed by atoms with Crippen LogP contribution in [0.5, 0.6) is 0 Å². The fourth-order valence-corrected chi connectivity index (χ4v) is 3.30.